The summed E-state index contributed by atoms with van der Waals surface area (Å²) in [6, 6.07) is 11.1. The highest BCUT2D eigenvalue weighted by Crippen LogP contribution is 2.43. The minimum absolute atomic E-state index is 0.101. The molecule has 1 atom stereocenters. The quantitative estimate of drug-likeness (QED) is 0.659. The molecule has 3 nitrogen and oxygen atoms in total. The Hall–Kier alpha value is -2.17. The van der Waals surface area contributed by atoms with Gasteiger partial charge < -0.3 is 14.8 Å². The number of aryl methyl sites for hydroxylation is 1. The van der Waals surface area contributed by atoms with Crippen LogP contribution in [0.15, 0.2) is 36.4 Å². The van der Waals surface area contributed by atoms with Crippen molar-refractivity contribution < 1.29 is 14.2 Å². The van der Waals surface area contributed by atoms with E-state index in [4.69, 9.17) is 4.74 Å². The average molecular weight is 367 g/mol. The van der Waals surface area contributed by atoms with E-state index < -0.39 is 5.60 Å². The summed E-state index contributed by atoms with van der Waals surface area (Å²) in [5, 5.41) is 10.8. The number of hydrogen-bond donors (Lipinski definition) is 2. The van der Waals surface area contributed by atoms with Gasteiger partial charge in [-0.3, -0.25) is 0 Å². The minimum Gasteiger partial charge on any atom is -0.396 e. The van der Waals surface area contributed by atoms with Gasteiger partial charge in [-0.25, -0.2) is 4.39 Å². The lowest BCUT2D eigenvalue weighted by Crippen LogP contribution is -2.36. The zero-order chi connectivity index (χ0) is 19.0. The van der Waals surface area contributed by atoms with Gasteiger partial charge in [-0.1, -0.05) is 26.0 Å². The van der Waals surface area contributed by atoms with Gasteiger partial charge in [-0.05, 0) is 65.8 Å². The van der Waals surface area contributed by atoms with Crippen LogP contribution >= 0.6 is 0 Å². The number of ether oxygens (including phenoxy) is 1. The van der Waals surface area contributed by atoms with Crippen LogP contribution in [-0.4, -0.2) is 23.3 Å². The fraction of sp³-hybridized carbons (Fsp3) is 0.391. The Morgan fingerprint density at radius 3 is 2.59 bits per heavy atom. The van der Waals surface area contributed by atoms with E-state index in [-0.39, 0.29) is 12.4 Å². The van der Waals surface area contributed by atoms with Crippen molar-refractivity contribution in [1.29, 1.82) is 0 Å². The predicted octanol–water partition coefficient (Wildman–Crippen LogP) is 5.10. The Bertz CT molecular complexity index is 961. The van der Waals surface area contributed by atoms with Crippen LogP contribution in [0.2, 0.25) is 0 Å². The molecule has 0 radical (unpaired) electrons. The van der Waals surface area contributed by atoms with Crippen molar-refractivity contribution >= 4 is 10.9 Å². The van der Waals surface area contributed by atoms with Crippen molar-refractivity contribution in [2.24, 2.45) is 0 Å². The SMILES string of the molecule is CCc1cc(-c2ccc(F)cc2)cc2c3c([nH]c12)C(CC)(CCO)OCC3. The molecule has 2 N–H and O–H groups in total. The zero-order valence-electron chi connectivity index (χ0n) is 15.9. The second kappa shape index (κ2) is 7.10. The van der Waals surface area contributed by atoms with Gasteiger partial charge in [0.05, 0.1) is 12.3 Å². The molecule has 2 heterocycles. The maximum Gasteiger partial charge on any atom is 0.123 e. The first-order valence-electron chi connectivity index (χ1n) is 9.80. The van der Waals surface area contributed by atoms with E-state index in [2.05, 4.69) is 31.0 Å². The van der Waals surface area contributed by atoms with Crippen LogP contribution in [0.4, 0.5) is 4.39 Å². The molecule has 0 fully saturated rings. The highest BCUT2D eigenvalue weighted by atomic mass is 19.1. The van der Waals surface area contributed by atoms with E-state index in [0.29, 0.717) is 13.0 Å². The van der Waals surface area contributed by atoms with E-state index in [0.717, 1.165) is 41.6 Å². The number of benzene rings is 2. The Morgan fingerprint density at radius 1 is 1.15 bits per heavy atom. The molecule has 0 amide bonds. The van der Waals surface area contributed by atoms with Crippen LogP contribution < -0.4 is 0 Å². The summed E-state index contributed by atoms with van der Waals surface area (Å²) in [5.74, 6) is -0.219. The Morgan fingerprint density at radius 2 is 1.93 bits per heavy atom. The van der Waals surface area contributed by atoms with Gasteiger partial charge in [0.25, 0.3) is 0 Å². The fourth-order valence-electron chi connectivity index (χ4n) is 4.41. The van der Waals surface area contributed by atoms with Gasteiger partial charge >= 0.3 is 0 Å². The topological polar surface area (TPSA) is 45.2 Å². The predicted molar refractivity (Wildman–Crippen MR) is 106 cm³/mol. The number of hydrogen-bond acceptors (Lipinski definition) is 2. The molecule has 142 valence electrons. The summed E-state index contributed by atoms with van der Waals surface area (Å²) < 4.78 is 19.5. The molecule has 1 aliphatic heterocycles. The summed E-state index contributed by atoms with van der Waals surface area (Å²) in [5.41, 5.74) is 6.51. The smallest absolute Gasteiger partial charge is 0.123 e. The van der Waals surface area contributed by atoms with E-state index >= 15 is 0 Å². The lowest BCUT2D eigenvalue weighted by molar-refractivity contribution is -0.0795. The van der Waals surface area contributed by atoms with Crippen molar-refractivity contribution in [2.45, 2.75) is 45.1 Å². The van der Waals surface area contributed by atoms with Gasteiger partial charge in [-0.15, -0.1) is 0 Å². The lowest BCUT2D eigenvalue weighted by Gasteiger charge is -2.36. The molecule has 1 aliphatic rings. The number of aliphatic hydroxyl groups excluding tert-OH is 1. The van der Waals surface area contributed by atoms with Gasteiger partial charge in [0.15, 0.2) is 0 Å². The number of rotatable bonds is 5. The summed E-state index contributed by atoms with van der Waals surface area (Å²) in [7, 11) is 0. The van der Waals surface area contributed by atoms with Gasteiger partial charge in [0.2, 0.25) is 0 Å². The van der Waals surface area contributed by atoms with Crippen LogP contribution in [0.3, 0.4) is 0 Å². The van der Waals surface area contributed by atoms with Crippen molar-refractivity contribution in [1.82, 2.24) is 4.98 Å². The highest BCUT2D eigenvalue weighted by Gasteiger charge is 2.38. The number of fused-ring (bicyclic) bond motifs is 3. The van der Waals surface area contributed by atoms with Crippen molar-refractivity contribution in [2.75, 3.05) is 13.2 Å². The van der Waals surface area contributed by atoms with Crippen molar-refractivity contribution in [3.63, 3.8) is 0 Å². The standard InChI is InChI=1S/C23H26FNO2/c1-3-15-13-17(16-5-7-18(24)8-6-16)14-20-19-9-12-27-23(4-2,10-11-26)22(19)25-21(15)20/h5-8,13-14,25-26H,3-4,9-12H2,1-2H3. The van der Waals surface area contributed by atoms with Crippen molar-refractivity contribution in [3.05, 3.63) is 59.0 Å². The molecule has 1 aromatic heterocycles. The summed E-state index contributed by atoms with van der Waals surface area (Å²) in [4.78, 5) is 3.65. The van der Waals surface area contributed by atoms with Gasteiger partial charge in [0, 0.05) is 23.9 Å². The maximum atomic E-state index is 13.3. The average Bonchev–Trinajstić information content (AvgIpc) is 3.08. The monoisotopic (exact) mass is 367 g/mol. The zero-order valence-corrected chi connectivity index (χ0v) is 15.9. The Kier molecular flexibility index (Phi) is 4.79. The van der Waals surface area contributed by atoms with E-state index in [1.807, 2.05) is 12.1 Å². The number of halogens is 1. The van der Waals surface area contributed by atoms with Crippen LogP contribution in [0.1, 0.15) is 43.5 Å². The molecule has 4 heteroatoms. The third-order valence-corrected chi connectivity index (χ3v) is 5.93. The summed E-state index contributed by atoms with van der Waals surface area (Å²) in [6.45, 7) is 5.03. The number of aromatic nitrogens is 1. The van der Waals surface area contributed by atoms with Crippen LogP contribution in [-0.2, 0) is 23.2 Å². The number of aliphatic hydroxyl groups is 1. The van der Waals surface area contributed by atoms with E-state index in [9.17, 15) is 9.50 Å². The molecular formula is C23H26FNO2. The molecular weight excluding hydrogens is 341 g/mol. The Labute approximate surface area is 159 Å². The summed E-state index contributed by atoms with van der Waals surface area (Å²) in [6.07, 6.45) is 3.18. The first-order valence-corrected chi connectivity index (χ1v) is 9.80. The van der Waals surface area contributed by atoms with Gasteiger partial charge in [0.1, 0.15) is 11.4 Å². The Balaban J connectivity index is 1.94. The first kappa shape index (κ1) is 18.2. The highest BCUT2D eigenvalue weighted by molar-refractivity contribution is 5.92. The fourth-order valence-corrected chi connectivity index (χ4v) is 4.41. The number of aromatic amines is 1. The van der Waals surface area contributed by atoms with Crippen molar-refractivity contribution in [3.8, 4) is 11.1 Å². The van der Waals surface area contributed by atoms with Crippen LogP contribution in [0, 0.1) is 5.82 Å². The minimum atomic E-state index is -0.442. The molecule has 4 rings (SSSR count). The molecule has 0 bridgehead atoms. The maximum absolute atomic E-state index is 13.3. The van der Waals surface area contributed by atoms with Crippen LogP contribution in [0.25, 0.3) is 22.0 Å². The number of nitrogens with one attached hydrogen (secondary N) is 1. The molecule has 0 saturated heterocycles. The normalized spacial score (nSPS) is 19.4. The van der Waals surface area contributed by atoms with Crippen LogP contribution in [0.5, 0.6) is 0 Å². The van der Waals surface area contributed by atoms with E-state index in [1.54, 1.807) is 0 Å². The molecule has 2 aromatic carbocycles. The molecule has 3 aromatic rings. The molecule has 0 aliphatic carbocycles. The third-order valence-electron chi connectivity index (χ3n) is 5.93. The summed E-state index contributed by atoms with van der Waals surface area (Å²) >= 11 is 0. The molecule has 27 heavy (non-hydrogen) atoms. The second-order valence-electron chi connectivity index (χ2n) is 7.32. The molecule has 0 saturated carbocycles. The largest absolute Gasteiger partial charge is 0.396 e. The second-order valence-corrected chi connectivity index (χ2v) is 7.32. The van der Waals surface area contributed by atoms with Gasteiger partial charge in [-0.2, -0.15) is 0 Å². The first-order chi connectivity index (χ1) is 13.1. The molecule has 0 spiro atoms. The molecule has 1 unspecified atom stereocenters. The van der Waals surface area contributed by atoms with E-state index in [1.165, 1.54) is 28.6 Å². The number of H-pyrrole nitrogens is 1. The lowest BCUT2D eigenvalue weighted by atomic mass is 9.86. The third kappa shape index (κ3) is 2.97.